The van der Waals surface area contributed by atoms with E-state index in [1.807, 2.05) is 18.2 Å². The van der Waals surface area contributed by atoms with Crippen molar-refractivity contribution < 1.29 is 4.42 Å². The van der Waals surface area contributed by atoms with E-state index in [4.69, 9.17) is 14.4 Å². The number of para-hydroxylation sites is 2. The zero-order chi connectivity index (χ0) is 38.2. The minimum Gasteiger partial charge on any atom is -0.456 e. The maximum absolute atomic E-state index is 6.73. The average Bonchev–Trinajstić information content (AvgIpc) is 3.83. The van der Waals surface area contributed by atoms with Gasteiger partial charge in [0.2, 0.25) is 0 Å². The third-order valence-corrected chi connectivity index (χ3v) is 11.6. The molecule has 0 fully saturated rings. The molecule has 1 N–H and O–H groups in total. The molecule has 0 spiro atoms. The fourth-order valence-corrected chi connectivity index (χ4v) is 8.90. The number of hydrogen-bond donors (Lipinski definition) is 1. The molecule has 5 nitrogen and oxygen atoms in total. The summed E-state index contributed by atoms with van der Waals surface area (Å²) in [6, 6.07) is 68.6. The number of nitrogens with zero attached hydrogens (tertiary/aromatic N) is 3. The van der Waals surface area contributed by atoms with E-state index < -0.39 is 6.17 Å². The highest BCUT2D eigenvalue weighted by atomic mass is 16.3. The van der Waals surface area contributed by atoms with Crippen molar-refractivity contribution >= 4 is 77.0 Å². The molecule has 0 amide bonds. The maximum Gasteiger partial charge on any atom is 0.159 e. The molecular weight excluding hydrogens is 709 g/mol. The van der Waals surface area contributed by atoms with E-state index in [0.717, 1.165) is 72.1 Å². The summed E-state index contributed by atoms with van der Waals surface area (Å²) >= 11 is 0. The van der Waals surface area contributed by atoms with Gasteiger partial charge in [0.25, 0.3) is 0 Å². The third kappa shape index (κ3) is 5.17. The summed E-state index contributed by atoms with van der Waals surface area (Å²) in [4.78, 5) is 10.8. The van der Waals surface area contributed by atoms with Crippen molar-refractivity contribution in [1.29, 1.82) is 0 Å². The van der Waals surface area contributed by atoms with Crippen LogP contribution < -0.4 is 5.32 Å². The molecule has 12 rings (SSSR count). The first-order valence-corrected chi connectivity index (χ1v) is 19.7. The lowest BCUT2D eigenvalue weighted by atomic mass is 10.00. The van der Waals surface area contributed by atoms with Crippen LogP contribution in [0.1, 0.15) is 22.9 Å². The molecule has 1 aliphatic heterocycles. The number of benzene rings is 9. The molecule has 9 aromatic carbocycles. The molecule has 1 aliphatic rings. The number of fused-ring (bicyclic) bond motifs is 8. The molecule has 0 saturated heterocycles. The minimum atomic E-state index is -0.404. The van der Waals surface area contributed by atoms with Crippen LogP contribution >= 0.6 is 0 Å². The van der Waals surface area contributed by atoms with Gasteiger partial charge in [0.1, 0.15) is 23.2 Å². The summed E-state index contributed by atoms with van der Waals surface area (Å²) in [5, 5.41) is 13.0. The van der Waals surface area contributed by atoms with E-state index in [9.17, 15) is 0 Å². The van der Waals surface area contributed by atoms with Crippen LogP contribution in [0.3, 0.4) is 0 Å². The normalized spacial score (nSPS) is 14.4. The van der Waals surface area contributed by atoms with Gasteiger partial charge in [0.15, 0.2) is 5.84 Å². The Morgan fingerprint density at radius 2 is 1.12 bits per heavy atom. The Bertz CT molecular complexity index is 3480. The van der Waals surface area contributed by atoms with Crippen LogP contribution in [-0.2, 0) is 0 Å². The molecule has 0 saturated carbocycles. The molecule has 0 bridgehead atoms. The largest absolute Gasteiger partial charge is 0.456 e. The SMILES string of the molecule is c1ccc(-c2ccc(C3=NC(c4cccc5ccccc45)NC(c4cc(-n5c6ccccc6c6cc7ccccc7cc65)cc5oc6ccccc6c45)=N3)cc2)cc1. The summed E-state index contributed by atoms with van der Waals surface area (Å²) in [6.07, 6.45) is -0.404. The number of aromatic nitrogens is 1. The Balaban J connectivity index is 1.11. The first kappa shape index (κ1) is 32.5. The molecule has 11 aromatic rings. The standard InChI is InChI=1S/C53H34N4O/c1-2-13-33(14-3-1)34-25-27-36(28-26-34)51-54-52(42-22-12-18-35-15-6-7-19-40(35)42)56-53(55-51)45-31-39(32-49-50(45)43-21-9-11-24-48(43)58-49)57-46-23-10-8-20-41(46)44-29-37-16-4-5-17-38(37)30-47(44)57/h1-32,52H,(H,54,55,56). The van der Waals surface area contributed by atoms with Gasteiger partial charge in [-0.2, -0.15) is 0 Å². The molecule has 0 radical (unpaired) electrons. The molecule has 272 valence electrons. The van der Waals surface area contributed by atoms with E-state index in [1.54, 1.807) is 0 Å². The first-order chi connectivity index (χ1) is 28.7. The highest BCUT2D eigenvalue weighted by Crippen LogP contribution is 2.39. The molecule has 3 heterocycles. The minimum absolute atomic E-state index is 0.404. The van der Waals surface area contributed by atoms with Gasteiger partial charge in [-0.05, 0) is 63.0 Å². The topological polar surface area (TPSA) is 54.8 Å². The smallest absolute Gasteiger partial charge is 0.159 e. The molecule has 0 aliphatic carbocycles. The van der Waals surface area contributed by atoms with Crippen LogP contribution in [0, 0.1) is 0 Å². The van der Waals surface area contributed by atoms with Gasteiger partial charge in [0, 0.05) is 44.3 Å². The second kappa shape index (κ2) is 12.9. The lowest BCUT2D eigenvalue weighted by Crippen LogP contribution is -2.34. The molecule has 5 heteroatoms. The van der Waals surface area contributed by atoms with Gasteiger partial charge in [-0.15, -0.1) is 0 Å². The molecule has 1 atom stereocenters. The van der Waals surface area contributed by atoms with Crippen LogP contribution in [0.4, 0.5) is 0 Å². The van der Waals surface area contributed by atoms with E-state index in [-0.39, 0.29) is 0 Å². The number of rotatable bonds is 5. The Morgan fingerprint density at radius 1 is 0.466 bits per heavy atom. The number of aliphatic imine (C=N–C) groups is 2. The fourth-order valence-electron chi connectivity index (χ4n) is 8.90. The van der Waals surface area contributed by atoms with Gasteiger partial charge in [-0.3, -0.25) is 0 Å². The predicted octanol–water partition coefficient (Wildman–Crippen LogP) is 13.2. The second-order valence-electron chi connectivity index (χ2n) is 15.0. The van der Waals surface area contributed by atoms with Gasteiger partial charge >= 0.3 is 0 Å². The van der Waals surface area contributed by atoms with Crippen LogP contribution in [0.2, 0.25) is 0 Å². The van der Waals surface area contributed by atoms with Crippen LogP contribution in [0.25, 0.3) is 82.1 Å². The van der Waals surface area contributed by atoms with Gasteiger partial charge < -0.3 is 14.3 Å². The maximum atomic E-state index is 6.73. The number of amidine groups is 2. The van der Waals surface area contributed by atoms with Gasteiger partial charge in [-0.1, -0.05) is 158 Å². The van der Waals surface area contributed by atoms with E-state index in [0.29, 0.717) is 5.84 Å². The molecular formula is C53H34N4O. The predicted molar refractivity (Wildman–Crippen MR) is 240 cm³/mol. The molecule has 1 unspecified atom stereocenters. The zero-order valence-corrected chi connectivity index (χ0v) is 31.3. The van der Waals surface area contributed by atoms with Crippen molar-refractivity contribution in [1.82, 2.24) is 9.88 Å². The van der Waals surface area contributed by atoms with Crippen LogP contribution in [0.15, 0.2) is 209 Å². The highest BCUT2D eigenvalue weighted by molar-refractivity contribution is 6.23. The fraction of sp³-hybridized carbons (Fsp3) is 0.0189. The Hall–Kier alpha value is -7.76. The van der Waals surface area contributed by atoms with Gasteiger partial charge in [-0.25, -0.2) is 9.98 Å². The summed E-state index contributed by atoms with van der Waals surface area (Å²) in [5.41, 5.74) is 10.2. The van der Waals surface area contributed by atoms with Crippen molar-refractivity contribution in [3.8, 4) is 16.8 Å². The summed E-state index contributed by atoms with van der Waals surface area (Å²) < 4.78 is 9.10. The van der Waals surface area contributed by atoms with Crippen molar-refractivity contribution in [2.24, 2.45) is 9.98 Å². The summed E-state index contributed by atoms with van der Waals surface area (Å²) in [5.74, 6) is 1.40. The summed E-state index contributed by atoms with van der Waals surface area (Å²) in [6.45, 7) is 0. The lowest BCUT2D eigenvalue weighted by Gasteiger charge is -2.25. The van der Waals surface area contributed by atoms with Crippen molar-refractivity contribution in [2.45, 2.75) is 6.17 Å². The quantitative estimate of drug-likeness (QED) is 0.191. The monoisotopic (exact) mass is 742 g/mol. The number of furan rings is 1. The third-order valence-electron chi connectivity index (χ3n) is 11.6. The number of nitrogens with one attached hydrogen (secondary N) is 1. The lowest BCUT2D eigenvalue weighted by molar-refractivity contribution is 0.668. The van der Waals surface area contributed by atoms with Crippen LogP contribution in [-0.4, -0.2) is 16.2 Å². The van der Waals surface area contributed by atoms with E-state index >= 15 is 0 Å². The molecule has 58 heavy (non-hydrogen) atoms. The van der Waals surface area contributed by atoms with Gasteiger partial charge in [0.05, 0.1) is 16.7 Å². The van der Waals surface area contributed by atoms with Crippen LogP contribution in [0.5, 0.6) is 0 Å². The first-order valence-electron chi connectivity index (χ1n) is 19.7. The Morgan fingerprint density at radius 3 is 1.97 bits per heavy atom. The molecule has 2 aromatic heterocycles. The van der Waals surface area contributed by atoms with Crippen molar-refractivity contribution in [3.05, 3.63) is 211 Å². The van der Waals surface area contributed by atoms with E-state index in [1.165, 1.54) is 32.5 Å². The second-order valence-corrected chi connectivity index (χ2v) is 15.0. The average molecular weight is 743 g/mol. The Kier molecular flexibility index (Phi) is 7.23. The Labute approximate surface area is 333 Å². The summed E-state index contributed by atoms with van der Waals surface area (Å²) in [7, 11) is 0. The van der Waals surface area contributed by atoms with E-state index in [2.05, 4.69) is 186 Å². The zero-order valence-electron chi connectivity index (χ0n) is 31.3. The van der Waals surface area contributed by atoms with Crippen molar-refractivity contribution in [2.75, 3.05) is 0 Å². The van der Waals surface area contributed by atoms with Crippen molar-refractivity contribution in [3.63, 3.8) is 0 Å². The highest BCUT2D eigenvalue weighted by Gasteiger charge is 2.26. The number of hydrogen-bond acceptors (Lipinski definition) is 4.